The maximum atomic E-state index is 10.7. The molecule has 5 heteroatoms. The third-order valence-corrected chi connectivity index (χ3v) is 3.05. The van der Waals surface area contributed by atoms with Crippen molar-refractivity contribution in [2.45, 2.75) is 25.4 Å². The predicted octanol–water partition coefficient (Wildman–Crippen LogP) is 1.89. The van der Waals surface area contributed by atoms with Crippen molar-refractivity contribution in [1.29, 1.82) is 0 Å². The normalized spacial score (nSPS) is 15.4. The summed E-state index contributed by atoms with van der Waals surface area (Å²) in [5.74, 6) is -0.767. The Hall–Kier alpha value is -0.940. The Bertz CT molecular complexity index is 376. The van der Waals surface area contributed by atoms with Crippen LogP contribution in [0.1, 0.15) is 18.4 Å². The number of nitrogens with zero attached hydrogens (tertiary/aromatic N) is 2. The van der Waals surface area contributed by atoms with Crippen LogP contribution < -0.4 is 0 Å². The third kappa shape index (κ3) is 3.28. The lowest BCUT2D eigenvalue weighted by molar-refractivity contribution is -0.138. The first-order valence-corrected chi connectivity index (χ1v) is 6.01. The van der Waals surface area contributed by atoms with Crippen molar-refractivity contribution in [1.82, 2.24) is 9.88 Å². The lowest BCUT2D eigenvalue weighted by Gasteiger charge is -2.19. The summed E-state index contributed by atoms with van der Waals surface area (Å²) >= 11 is 3.27. The van der Waals surface area contributed by atoms with Crippen molar-refractivity contribution in [2.75, 3.05) is 6.54 Å². The Kier molecular flexibility index (Phi) is 3.56. The quantitative estimate of drug-likeness (QED) is 0.839. The van der Waals surface area contributed by atoms with Crippen molar-refractivity contribution in [3.63, 3.8) is 0 Å². The van der Waals surface area contributed by atoms with Gasteiger partial charge >= 0.3 is 5.97 Å². The summed E-state index contributed by atoms with van der Waals surface area (Å²) in [6, 6.07) is 4.29. The number of carboxylic acid groups (broad SMARTS) is 1. The van der Waals surface area contributed by atoms with E-state index < -0.39 is 5.97 Å². The Morgan fingerprint density at radius 2 is 2.31 bits per heavy atom. The molecule has 1 aromatic heterocycles. The molecule has 16 heavy (non-hydrogen) atoms. The van der Waals surface area contributed by atoms with Crippen LogP contribution in [0.25, 0.3) is 0 Å². The number of hydrogen-bond acceptors (Lipinski definition) is 3. The zero-order valence-electron chi connectivity index (χ0n) is 8.77. The molecule has 1 aliphatic rings. The fourth-order valence-electron chi connectivity index (χ4n) is 1.66. The van der Waals surface area contributed by atoms with Crippen LogP contribution in [0.3, 0.4) is 0 Å². The molecule has 1 N–H and O–H groups in total. The van der Waals surface area contributed by atoms with Gasteiger partial charge in [-0.05, 0) is 40.4 Å². The Morgan fingerprint density at radius 1 is 1.56 bits per heavy atom. The lowest BCUT2D eigenvalue weighted by atomic mass is 10.2. The predicted molar refractivity (Wildman–Crippen MR) is 63.0 cm³/mol. The molecule has 1 aliphatic carbocycles. The van der Waals surface area contributed by atoms with Crippen LogP contribution in [-0.4, -0.2) is 33.5 Å². The lowest BCUT2D eigenvalue weighted by Crippen LogP contribution is -2.31. The van der Waals surface area contributed by atoms with Gasteiger partial charge in [-0.25, -0.2) is 4.98 Å². The van der Waals surface area contributed by atoms with Gasteiger partial charge in [0.25, 0.3) is 0 Å². The van der Waals surface area contributed by atoms with Gasteiger partial charge in [-0.15, -0.1) is 0 Å². The minimum Gasteiger partial charge on any atom is -0.480 e. The van der Waals surface area contributed by atoms with Gasteiger partial charge in [0.15, 0.2) is 0 Å². The summed E-state index contributed by atoms with van der Waals surface area (Å²) in [5.41, 5.74) is 1.05. The number of aliphatic carboxylic acids is 1. The summed E-state index contributed by atoms with van der Waals surface area (Å²) in [6.07, 6.45) is 4.00. The molecule has 0 radical (unpaired) electrons. The van der Waals surface area contributed by atoms with Gasteiger partial charge in [0, 0.05) is 18.8 Å². The molecule has 0 aromatic carbocycles. The van der Waals surface area contributed by atoms with Gasteiger partial charge in [-0.1, -0.05) is 6.07 Å². The van der Waals surface area contributed by atoms with Crippen molar-refractivity contribution in [2.24, 2.45) is 0 Å². The monoisotopic (exact) mass is 284 g/mol. The molecule has 0 saturated heterocycles. The molecule has 0 spiro atoms. The minimum absolute atomic E-state index is 0.112. The topological polar surface area (TPSA) is 53.4 Å². The number of aromatic nitrogens is 1. The van der Waals surface area contributed by atoms with Crippen molar-refractivity contribution in [3.8, 4) is 0 Å². The second-order valence-corrected chi connectivity index (χ2v) is 4.83. The second-order valence-electron chi connectivity index (χ2n) is 4.02. The maximum absolute atomic E-state index is 10.7. The first kappa shape index (κ1) is 11.5. The molecule has 0 amide bonds. The summed E-state index contributed by atoms with van der Waals surface area (Å²) < 4.78 is 0.799. The molecule has 1 aromatic rings. The first-order valence-electron chi connectivity index (χ1n) is 5.21. The van der Waals surface area contributed by atoms with Crippen LogP contribution in [-0.2, 0) is 11.3 Å². The number of rotatable bonds is 5. The zero-order valence-corrected chi connectivity index (χ0v) is 10.4. The SMILES string of the molecule is O=C(O)CN(Cc1ccc(Br)nc1)C1CC1. The number of carbonyl (C=O) groups is 1. The van der Waals surface area contributed by atoms with E-state index in [0.29, 0.717) is 12.6 Å². The molecule has 1 fully saturated rings. The maximum Gasteiger partial charge on any atom is 0.317 e. The van der Waals surface area contributed by atoms with Gasteiger partial charge in [0.1, 0.15) is 4.60 Å². The average molecular weight is 285 g/mol. The number of hydrogen-bond donors (Lipinski definition) is 1. The highest BCUT2D eigenvalue weighted by molar-refractivity contribution is 9.10. The van der Waals surface area contributed by atoms with Crippen molar-refractivity contribution < 1.29 is 9.90 Å². The van der Waals surface area contributed by atoms with E-state index in [9.17, 15) is 4.79 Å². The van der Waals surface area contributed by atoms with E-state index in [-0.39, 0.29) is 6.54 Å². The third-order valence-electron chi connectivity index (χ3n) is 2.58. The van der Waals surface area contributed by atoms with Gasteiger partial charge in [-0.3, -0.25) is 9.69 Å². The first-order chi connectivity index (χ1) is 7.65. The Morgan fingerprint density at radius 3 is 2.81 bits per heavy atom. The summed E-state index contributed by atoms with van der Waals surface area (Å²) in [7, 11) is 0. The summed E-state index contributed by atoms with van der Waals surface area (Å²) in [4.78, 5) is 16.8. The fraction of sp³-hybridized carbons (Fsp3) is 0.455. The Balaban J connectivity index is 1.99. The van der Waals surface area contributed by atoms with E-state index in [4.69, 9.17) is 5.11 Å². The van der Waals surface area contributed by atoms with Crippen molar-refractivity contribution in [3.05, 3.63) is 28.5 Å². The highest BCUT2D eigenvalue weighted by atomic mass is 79.9. The van der Waals surface area contributed by atoms with Gasteiger partial charge in [0.2, 0.25) is 0 Å². The second kappa shape index (κ2) is 4.93. The molecule has 0 atom stereocenters. The molecular weight excluding hydrogens is 272 g/mol. The highest BCUT2D eigenvalue weighted by Gasteiger charge is 2.30. The largest absolute Gasteiger partial charge is 0.480 e. The molecule has 0 unspecified atom stereocenters. The van der Waals surface area contributed by atoms with Gasteiger partial charge < -0.3 is 5.11 Å². The van der Waals surface area contributed by atoms with Crippen LogP contribution in [0.5, 0.6) is 0 Å². The Labute approximate surface area is 102 Å². The van der Waals surface area contributed by atoms with Crippen LogP contribution in [0, 0.1) is 0 Å². The molecule has 86 valence electrons. The molecular formula is C11H13BrN2O2. The molecule has 1 heterocycles. The van der Waals surface area contributed by atoms with E-state index in [2.05, 4.69) is 20.9 Å². The minimum atomic E-state index is -0.767. The average Bonchev–Trinajstić information content (AvgIpc) is 3.03. The highest BCUT2D eigenvalue weighted by Crippen LogP contribution is 2.27. The summed E-state index contributed by atoms with van der Waals surface area (Å²) in [6.45, 7) is 0.776. The number of halogens is 1. The van der Waals surface area contributed by atoms with Crippen LogP contribution >= 0.6 is 15.9 Å². The van der Waals surface area contributed by atoms with E-state index in [1.807, 2.05) is 17.0 Å². The van der Waals surface area contributed by atoms with Crippen LogP contribution in [0.4, 0.5) is 0 Å². The van der Waals surface area contributed by atoms with Crippen molar-refractivity contribution >= 4 is 21.9 Å². The molecule has 2 rings (SSSR count). The summed E-state index contributed by atoms with van der Waals surface area (Å²) in [5, 5.41) is 8.82. The van der Waals surface area contributed by atoms with E-state index >= 15 is 0 Å². The molecule has 4 nitrogen and oxygen atoms in total. The number of carboxylic acids is 1. The molecule has 0 aliphatic heterocycles. The van der Waals surface area contributed by atoms with Gasteiger partial charge in [-0.2, -0.15) is 0 Å². The van der Waals surface area contributed by atoms with Gasteiger partial charge in [0.05, 0.1) is 6.54 Å². The van der Waals surface area contributed by atoms with E-state index in [0.717, 1.165) is 23.0 Å². The van der Waals surface area contributed by atoms with E-state index in [1.165, 1.54) is 0 Å². The smallest absolute Gasteiger partial charge is 0.317 e. The standard InChI is InChI=1S/C11H13BrN2O2/c12-10-4-1-8(5-13-10)6-14(7-11(15)16)9-2-3-9/h1,4-5,9H,2-3,6-7H2,(H,15,16). The van der Waals surface area contributed by atoms with E-state index in [1.54, 1.807) is 6.20 Å². The molecule has 1 saturated carbocycles. The van der Waals surface area contributed by atoms with Crippen LogP contribution in [0.2, 0.25) is 0 Å². The zero-order chi connectivity index (χ0) is 11.5. The molecule has 0 bridgehead atoms. The fourth-order valence-corrected chi connectivity index (χ4v) is 1.90. The van der Waals surface area contributed by atoms with Crippen LogP contribution in [0.15, 0.2) is 22.9 Å². The number of pyridine rings is 1.